The molecule has 0 saturated carbocycles. The zero-order valence-electron chi connectivity index (χ0n) is 13.9. The molecule has 23 heavy (non-hydrogen) atoms. The summed E-state index contributed by atoms with van der Waals surface area (Å²) in [5.41, 5.74) is 1.63. The predicted molar refractivity (Wildman–Crippen MR) is 87.9 cm³/mol. The Morgan fingerprint density at radius 1 is 1.22 bits per heavy atom. The van der Waals surface area contributed by atoms with Crippen LogP contribution in [-0.2, 0) is 9.53 Å². The number of aliphatic carboxylic acids is 1. The lowest BCUT2D eigenvalue weighted by molar-refractivity contribution is -0.137. The van der Waals surface area contributed by atoms with Crippen LogP contribution in [0.15, 0.2) is 24.3 Å². The molecule has 1 aromatic rings. The van der Waals surface area contributed by atoms with E-state index in [1.807, 2.05) is 12.1 Å². The summed E-state index contributed by atoms with van der Waals surface area (Å²) in [6, 6.07) is 7.45. The van der Waals surface area contributed by atoms with Crippen LogP contribution in [0.25, 0.3) is 0 Å². The number of carboxylic acids is 1. The van der Waals surface area contributed by atoms with Gasteiger partial charge in [-0.1, -0.05) is 0 Å². The highest BCUT2D eigenvalue weighted by molar-refractivity contribution is 5.94. The Bertz CT molecular complexity index is 548. The molecule has 1 N–H and O–H groups in total. The van der Waals surface area contributed by atoms with E-state index in [-0.39, 0.29) is 31.1 Å². The van der Waals surface area contributed by atoms with Crippen LogP contribution in [0.5, 0.6) is 0 Å². The summed E-state index contributed by atoms with van der Waals surface area (Å²) in [6.07, 6.45) is 0.313. The number of morpholine rings is 1. The predicted octanol–water partition coefficient (Wildman–Crippen LogP) is 1.85. The van der Waals surface area contributed by atoms with E-state index < -0.39 is 5.97 Å². The van der Waals surface area contributed by atoms with Gasteiger partial charge < -0.3 is 19.6 Å². The molecule has 1 heterocycles. The summed E-state index contributed by atoms with van der Waals surface area (Å²) in [6.45, 7) is 5.97. The molecule has 126 valence electrons. The fourth-order valence-electron chi connectivity index (χ4n) is 2.79. The Morgan fingerprint density at radius 3 is 2.30 bits per heavy atom. The number of carbonyl (C=O) groups is 2. The van der Waals surface area contributed by atoms with Gasteiger partial charge in [0.05, 0.1) is 18.6 Å². The molecule has 0 aromatic heterocycles. The van der Waals surface area contributed by atoms with Crippen LogP contribution in [0.1, 0.15) is 30.6 Å². The molecular weight excluding hydrogens is 296 g/mol. The number of benzene rings is 1. The van der Waals surface area contributed by atoms with Gasteiger partial charge in [-0.05, 0) is 38.1 Å². The standard InChI is InChI=1S/C17H24N2O4/c1-12-10-19(11-13(2)23-12)15-6-4-14(5-7-15)17(22)18(3)9-8-16(20)21/h4-7,12-13H,8-11H2,1-3H3,(H,20,21). The second-order valence-electron chi connectivity index (χ2n) is 6.08. The molecule has 0 spiro atoms. The van der Waals surface area contributed by atoms with Crippen molar-refractivity contribution < 1.29 is 19.4 Å². The maximum absolute atomic E-state index is 12.2. The third-order valence-electron chi connectivity index (χ3n) is 3.91. The molecule has 1 aromatic carbocycles. The Hall–Kier alpha value is -2.08. The van der Waals surface area contributed by atoms with E-state index in [0.29, 0.717) is 5.56 Å². The largest absolute Gasteiger partial charge is 0.481 e. The van der Waals surface area contributed by atoms with E-state index in [4.69, 9.17) is 9.84 Å². The Balaban J connectivity index is 2.01. The SMILES string of the molecule is CC1CN(c2ccc(C(=O)N(C)CCC(=O)O)cc2)CC(C)O1. The highest BCUT2D eigenvalue weighted by atomic mass is 16.5. The number of carbonyl (C=O) groups excluding carboxylic acids is 1. The van der Waals surface area contributed by atoms with Gasteiger partial charge in [-0.3, -0.25) is 9.59 Å². The van der Waals surface area contributed by atoms with Crippen molar-refractivity contribution in [3.63, 3.8) is 0 Å². The van der Waals surface area contributed by atoms with Crippen LogP contribution in [-0.4, -0.2) is 60.8 Å². The van der Waals surface area contributed by atoms with Crippen LogP contribution < -0.4 is 4.90 Å². The molecule has 1 aliphatic heterocycles. The molecule has 1 fully saturated rings. The molecule has 1 saturated heterocycles. The van der Waals surface area contributed by atoms with Gasteiger partial charge in [-0.2, -0.15) is 0 Å². The molecule has 6 nitrogen and oxygen atoms in total. The molecule has 2 atom stereocenters. The van der Waals surface area contributed by atoms with Crippen molar-refractivity contribution in [2.45, 2.75) is 32.5 Å². The quantitative estimate of drug-likeness (QED) is 0.896. The second kappa shape index (κ2) is 7.46. The number of rotatable bonds is 5. The Kier molecular flexibility index (Phi) is 5.60. The normalized spacial score (nSPS) is 21.1. The summed E-state index contributed by atoms with van der Waals surface area (Å²) >= 11 is 0. The van der Waals surface area contributed by atoms with Gasteiger partial charge in [0.1, 0.15) is 0 Å². The molecule has 1 aliphatic rings. The first-order valence-electron chi connectivity index (χ1n) is 7.84. The van der Waals surface area contributed by atoms with E-state index >= 15 is 0 Å². The van der Waals surface area contributed by atoms with Crippen molar-refractivity contribution in [2.24, 2.45) is 0 Å². The van der Waals surface area contributed by atoms with E-state index in [9.17, 15) is 9.59 Å². The summed E-state index contributed by atoms with van der Waals surface area (Å²) < 4.78 is 5.73. The number of anilines is 1. The highest BCUT2D eigenvalue weighted by Crippen LogP contribution is 2.21. The summed E-state index contributed by atoms with van der Waals surface area (Å²) in [4.78, 5) is 26.5. The lowest BCUT2D eigenvalue weighted by Gasteiger charge is -2.36. The summed E-state index contributed by atoms with van der Waals surface area (Å²) in [7, 11) is 1.62. The van der Waals surface area contributed by atoms with Crippen LogP contribution in [0.3, 0.4) is 0 Å². The minimum absolute atomic E-state index is 0.0517. The van der Waals surface area contributed by atoms with Crippen molar-refractivity contribution in [1.82, 2.24) is 4.90 Å². The fraction of sp³-hybridized carbons (Fsp3) is 0.529. The van der Waals surface area contributed by atoms with Gasteiger partial charge in [0, 0.05) is 37.9 Å². The van der Waals surface area contributed by atoms with Crippen LogP contribution in [0.2, 0.25) is 0 Å². The highest BCUT2D eigenvalue weighted by Gasteiger charge is 2.22. The molecule has 6 heteroatoms. The van der Waals surface area contributed by atoms with E-state index in [2.05, 4.69) is 18.7 Å². The number of nitrogens with zero attached hydrogens (tertiary/aromatic N) is 2. The van der Waals surface area contributed by atoms with Crippen molar-refractivity contribution in [2.75, 3.05) is 31.6 Å². The topological polar surface area (TPSA) is 70.1 Å². The second-order valence-corrected chi connectivity index (χ2v) is 6.08. The maximum atomic E-state index is 12.2. The molecule has 0 radical (unpaired) electrons. The van der Waals surface area contributed by atoms with Crippen molar-refractivity contribution >= 4 is 17.6 Å². The van der Waals surface area contributed by atoms with Gasteiger partial charge in [0.2, 0.25) is 0 Å². The molecule has 2 rings (SSSR count). The summed E-state index contributed by atoms with van der Waals surface area (Å²) in [5.74, 6) is -1.07. The molecule has 2 unspecified atom stereocenters. The third kappa shape index (κ3) is 4.69. The van der Waals surface area contributed by atoms with Gasteiger partial charge in [0.25, 0.3) is 5.91 Å². The molecular formula is C17H24N2O4. The monoisotopic (exact) mass is 320 g/mol. The van der Waals surface area contributed by atoms with Crippen LogP contribution in [0.4, 0.5) is 5.69 Å². The van der Waals surface area contributed by atoms with Gasteiger partial charge in [-0.25, -0.2) is 0 Å². The number of hydrogen-bond acceptors (Lipinski definition) is 4. The van der Waals surface area contributed by atoms with Gasteiger partial charge in [-0.15, -0.1) is 0 Å². The lowest BCUT2D eigenvalue weighted by atomic mass is 10.1. The van der Waals surface area contributed by atoms with Crippen LogP contribution in [0, 0.1) is 0 Å². The van der Waals surface area contributed by atoms with Gasteiger partial charge >= 0.3 is 5.97 Å². The Labute approximate surface area is 136 Å². The average molecular weight is 320 g/mol. The van der Waals surface area contributed by atoms with E-state index in [1.54, 1.807) is 19.2 Å². The number of carboxylic acid groups (broad SMARTS) is 1. The van der Waals surface area contributed by atoms with Gasteiger partial charge in [0.15, 0.2) is 0 Å². The Morgan fingerprint density at radius 2 is 1.78 bits per heavy atom. The molecule has 0 aliphatic carbocycles. The lowest BCUT2D eigenvalue weighted by Crippen LogP contribution is -2.45. The van der Waals surface area contributed by atoms with Crippen molar-refractivity contribution in [1.29, 1.82) is 0 Å². The maximum Gasteiger partial charge on any atom is 0.305 e. The van der Waals surface area contributed by atoms with Crippen LogP contribution >= 0.6 is 0 Å². The third-order valence-corrected chi connectivity index (χ3v) is 3.91. The average Bonchev–Trinajstić information content (AvgIpc) is 2.51. The first-order valence-corrected chi connectivity index (χ1v) is 7.84. The summed E-state index contributed by atoms with van der Waals surface area (Å²) in [5, 5.41) is 8.68. The minimum Gasteiger partial charge on any atom is -0.481 e. The van der Waals surface area contributed by atoms with E-state index in [1.165, 1.54) is 4.90 Å². The number of ether oxygens (including phenoxy) is 1. The zero-order valence-corrected chi connectivity index (χ0v) is 13.9. The number of hydrogen-bond donors (Lipinski definition) is 1. The zero-order chi connectivity index (χ0) is 17.0. The molecule has 1 amide bonds. The number of amides is 1. The fourth-order valence-corrected chi connectivity index (χ4v) is 2.79. The van der Waals surface area contributed by atoms with Crippen molar-refractivity contribution in [3.05, 3.63) is 29.8 Å². The first kappa shape index (κ1) is 17.3. The minimum atomic E-state index is -0.907. The smallest absolute Gasteiger partial charge is 0.305 e. The first-order chi connectivity index (χ1) is 10.9. The molecule has 0 bridgehead atoms. The van der Waals surface area contributed by atoms with Crippen molar-refractivity contribution in [3.8, 4) is 0 Å². The van der Waals surface area contributed by atoms with E-state index in [0.717, 1.165) is 18.8 Å².